The van der Waals surface area contributed by atoms with Crippen molar-refractivity contribution in [2.45, 2.75) is 26.3 Å². The molecule has 0 bridgehead atoms. The molecule has 100 valence electrons. The molecule has 2 rings (SSSR count). The molecule has 19 heavy (non-hydrogen) atoms. The highest BCUT2D eigenvalue weighted by Gasteiger charge is 2.14. The van der Waals surface area contributed by atoms with Gasteiger partial charge in [-0.2, -0.15) is 0 Å². The number of hydrogen-bond donors (Lipinski definition) is 1. The van der Waals surface area contributed by atoms with Gasteiger partial charge in [0.2, 0.25) is 0 Å². The summed E-state index contributed by atoms with van der Waals surface area (Å²) in [6.45, 7) is 5.23. The SMILES string of the molecule is CCNC(Cc1ccccc1Br)c1cnccc1C. The number of nitrogens with zero attached hydrogens (tertiary/aromatic N) is 1. The first kappa shape index (κ1) is 14.2. The summed E-state index contributed by atoms with van der Waals surface area (Å²) in [4.78, 5) is 4.26. The number of benzene rings is 1. The zero-order chi connectivity index (χ0) is 13.7. The van der Waals surface area contributed by atoms with E-state index >= 15 is 0 Å². The average molecular weight is 319 g/mol. The van der Waals surface area contributed by atoms with Gasteiger partial charge >= 0.3 is 0 Å². The molecule has 0 saturated heterocycles. The van der Waals surface area contributed by atoms with Gasteiger partial charge in [-0.15, -0.1) is 0 Å². The van der Waals surface area contributed by atoms with Gasteiger partial charge in [0.15, 0.2) is 0 Å². The second-order valence-corrected chi connectivity index (χ2v) is 5.49. The second-order valence-electron chi connectivity index (χ2n) is 4.64. The smallest absolute Gasteiger partial charge is 0.0379 e. The fourth-order valence-electron chi connectivity index (χ4n) is 2.26. The molecule has 1 heterocycles. The number of halogens is 1. The van der Waals surface area contributed by atoms with E-state index in [4.69, 9.17) is 0 Å². The van der Waals surface area contributed by atoms with E-state index in [0.717, 1.165) is 13.0 Å². The van der Waals surface area contributed by atoms with Crippen LogP contribution in [0.15, 0.2) is 47.2 Å². The Balaban J connectivity index is 2.27. The Bertz CT molecular complexity index is 540. The number of aryl methyl sites for hydroxylation is 1. The Morgan fingerprint density at radius 2 is 2.05 bits per heavy atom. The minimum Gasteiger partial charge on any atom is -0.310 e. The summed E-state index contributed by atoms with van der Waals surface area (Å²) in [7, 11) is 0. The summed E-state index contributed by atoms with van der Waals surface area (Å²) in [6, 6.07) is 10.8. The van der Waals surface area contributed by atoms with Crippen LogP contribution in [0.3, 0.4) is 0 Å². The molecule has 0 amide bonds. The summed E-state index contributed by atoms with van der Waals surface area (Å²) >= 11 is 3.62. The highest BCUT2D eigenvalue weighted by Crippen LogP contribution is 2.25. The van der Waals surface area contributed by atoms with E-state index in [1.54, 1.807) is 0 Å². The molecular formula is C16H19BrN2. The third-order valence-corrected chi connectivity index (χ3v) is 4.06. The van der Waals surface area contributed by atoms with Crippen LogP contribution in [-0.2, 0) is 6.42 Å². The fraction of sp³-hybridized carbons (Fsp3) is 0.312. The van der Waals surface area contributed by atoms with Crippen molar-refractivity contribution in [3.63, 3.8) is 0 Å². The van der Waals surface area contributed by atoms with E-state index < -0.39 is 0 Å². The van der Waals surface area contributed by atoms with Crippen LogP contribution in [0, 0.1) is 6.92 Å². The molecular weight excluding hydrogens is 300 g/mol. The Morgan fingerprint density at radius 3 is 2.74 bits per heavy atom. The highest BCUT2D eigenvalue weighted by atomic mass is 79.9. The van der Waals surface area contributed by atoms with E-state index in [2.05, 4.69) is 64.3 Å². The van der Waals surface area contributed by atoms with Crippen molar-refractivity contribution in [3.05, 3.63) is 63.9 Å². The van der Waals surface area contributed by atoms with E-state index in [9.17, 15) is 0 Å². The number of rotatable bonds is 5. The summed E-state index contributed by atoms with van der Waals surface area (Å²) < 4.78 is 1.17. The highest BCUT2D eigenvalue weighted by molar-refractivity contribution is 9.10. The Morgan fingerprint density at radius 1 is 1.26 bits per heavy atom. The molecule has 1 atom stereocenters. The third kappa shape index (κ3) is 3.64. The maximum atomic E-state index is 4.26. The van der Waals surface area contributed by atoms with Crippen molar-refractivity contribution in [1.82, 2.24) is 10.3 Å². The topological polar surface area (TPSA) is 24.9 Å². The average Bonchev–Trinajstić information content (AvgIpc) is 2.41. The van der Waals surface area contributed by atoms with Crippen molar-refractivity contribution in [3.8, 4) is 0 Å². The Labute approximate surface area is 123 Å². The van der Waals surface area contributed by atoms with Crippen LogP contribution >= 0.6 is 15.9 Å². The van der Waals surface area contributed by atoms with Gasteiger partial charge < -0.3 is 5.32 Å². The Hall–Kier alpha value is -1.19. The van der Waals surface area contributed by atoms with Gasteiger partial charge in [-0.3, -0.25) is 4.98 Å². The van der Waals surface area contributed by atoms with Crippen LogP contribution in [-0.4, -0.2) is 11.5 Å². The zero-order valence-corrected chi connectivity index (χ0v) is 12.9. The fourth-order valence-corrected chi connectivity index (χ4v) is 2.71. The van der Waals surface area contributed by atoms with E-state index in [1.165, 1.54) is 21.2 Å². The summed E-state index contributed by atoms with van der Waals surface area (Å²) in [6.07, 6.45) is 4.78. The van der Waals surface area contributed by atoms with E-state index in [1.807, 2.05) is 18.5 Å². The number of nitrogens with one attached hydrogen (secondary N) is 1. The minimum atomic E-state index is 0.303. The van der Waals surface area contributed by atoms with Gasteiger partial charge in [0.1, 0.15) is 0 Å². The molecule has 1 unspecified atom stereocenters. The van der Waals surface area contributed by atoms with Crippen LogP contribution in [0.2, 0.25) is 0 Å². The van der Waals surface area contributed by atoms with Gasteiger partial charge in [0.05, 0.1) is 0 Å². The molecule has 0 aliphatic rings. The van der Waals surface area contributed by atoms with Crippen molar-refractivity contribution in [1.29, 1.82) is 0 Å². The van der Waals surface area contributed by atoms with E-state index in [-0.39, 0.29) is 0 Å². The molecule has 3 heteroatoms. The quantitative estimate of drug-likeness (QED) is 0.899. The molecule has 0 saturated carbocycles. The first-order valence-corrected chi connectivity index (χ1v) is 7.39. The lowest BCUT2D eigenvalue weighted by atomic mass is 9.97. The summed E-state index contributed by atoms with van der Waals surface area (Å²) in [5, 5.41) is 3.55. The lowest BCUT2D eigenvalue weighted by Crippen LogP contribution is -2.24. The largest absolute Gasteiger partial charge is 0.310 e. The minimum absolute atomic E-state index is 0.303. The van der Waals surface area contributed by atoms with Crippen LogP contribution in [0.5, 0.6) is 0 Å². The molecule has 0 spiro atoms. The molecule has 0 fully saturated rings. The number of pyridine rings is 1. The van der Waals surface area contributed by atoms with Gasteiger partial charge in [-0.1, -0.05) is 41.1 Å². The van der Waals surface area contributed by atoms with Gasteiger partial charge in [-0.25, -0.2) is 0 Å². The van der Waals surface area contributed by atoms with Gasteiger partial charge in [0.25, 0.3) is 0 Å². The van der Waals surface area contributed by atoms with Crippen molar-refractivity contribution < 1.29 is 0 Å². The lowest BCUT2D eigenvalue weighted by molar-refractivity contribution is 0.545. The lowest BCUT2D eigenvalue weighted by Gasteiger charge is -2.20. The van der Waals surface area contributed by atoms with E-state index in [0.29, 0.717) is 6.04 Å². The molecule has 0 aliphatic carbocycles. The van der Waals surface area contributed by atoms with Crippen LogP contribution in [0.1, 0.15) is 29.7 Å². The summed E-state index contributed by atoms with van der Waals surface area (Å²) in [5.41, 5.74) is 3.88. The molecule has 2 nitrogen and oxygen atoms in total. The number of likely N-dealkylation sites (N-methyl/N-ethyl adjacent to an activating group) is 1. The maximum Gasteiger partial charge on any atom is 0.0379 e. The molecule has 0 aliphatic heterocycles. The predicted molar refractivity (Wildman–Crippen MR) is 83.2 cm³/mol. The van der Waals surface area contributed by atoms with Gasteiger partial charge in [0, 0.05) is 22.9 Å². The first-order chi connectivity index (χ1) is 9.22. The monoisotopic (exact) mass is 318 g/mol. The first-order valence-electron chi connectivity index (χ1n) is 6.59. The second kappa shape index (κ2) is 6.83. The normalized spacial score (nSPS) is 12.4. The van der Waals surface area contributed by atoms with Crippen molar-refractivity contribution in [2.75, 3.05) is 6.54 Å². The van der Waals surface area contributed by atoms with Crippen molar-refractivity contribution in [2.24, 2.45) is 0 Å². The van der Waals surface area contributed by atoms with Crippen LogP contribution in [0.25, 0.3) is 0 Å². The van der Waals surface area contributed by atoms with Gasteiger partial charge in [-0.05, 0) is 48.7 Å². The number of aromatic nitrogens is 1. The molecule has 1 aromatic heterocycles. The Kier molecular flexibility index (Phi) is 5.11. The third-order valence-electron chi connectivity index (χ3n) is 3.29. The van der Waals surface area contributed by atoms with Crippen molar-refractivity contribution >= 4 is 15.9 Å². The molecule has 0 radical (unpaired) electrons. The zero-order valence-electron chi connectivity index (χ0n) is 11.4. The summed E-state index contributed by atoms with van der Waals surface area (Å²) in [5.74, 6) is 0. The van der Waals surface area contributed by atoms with Crippen LogP contribution < -0.4 is 5.32 Å². The number of hydrogen-bond acceptors (Lipinski definition) is 2. The molecule has 1 N–H and O–H groups in total. The van der Waals surface area contributed by atoms with Crippen LogP contribution in [0.4, 0.5) is 0 Å². The molecule has 1 aromatic carbocycles. The standard InChI is InChI=1S/C16H19BrN2/c1-3-19-16(14-11-18-9-8-12(14)2)10-13-6-4-5-7-15(13)17/h4-9,11,16,19H,3,10H2,1-2H3. The maximum absolute atomic E-state index is 4.26. The molecule has 2 aromatic rings. The predicted octanol–water partition coefficient (Wildman–Crippen LogP) is 4.05.